The summed E-state index contributed by atoms with van der Waals surface area (Å²) in [6.45, 7) is 0. The standard InChI is InChI=1S/C20H15F2N7/c1-29-10-13(8-25-29)12-5-14-15(9-24-19(14)23-7-12)20-26-17(27-28-20)6-11-3-2-4-16(21)18(11)22/h2-5,7-10H,6H2,1H3,(H,23,24)(H,26,27,28). The lowest BCUT2D eigenvalue weighted by atomic mass is 10.1. The Kier molecular flexibility index (Phi) is 3.94. The number of aryl methyl sites for hydroxylation is 1. The molecule has 7 nitrogen and oxygen atoms in total. The van der Waals surface area contributed by atoms with Gasteiger partial charge in [0.25, 0.3) is 0 Å². The van der Waals surface area contributed by atoms with Crippen molar-refractivity contribution in [2.24, 2.45) is 7.05 Å². The minimum absolute atomic E-state index is 0.109. The van der Waals surface area contributed by atoms with Crippen LogP contribution < -0.4 is 0 Å². The monoisotopic (exact) mass is 391 g/mol. The van der Waals surface area contributed by atoms with E-state index in [1.54, 1.807) is 23.3 Å². The highest BCUT2D eigenvalue weighted by Gasteiger charge is 2.15. The fraction of sp³-hybridized carbons (Fsp3) is 0.100. The summed E-state index contributed by atoms with van der Waals surface area (Å²) in [7, 11) is 1.85. The lowest BCUT2D eigenvalue weighted by molar-refractivity contribution is 0.500. The molecule has 144 valence electrons. The molecule has 0 saturated carbocycles. The van der Waals surface area contributed by atoms with E-state index in [4.69, 9.17) is 0 Å². The van der Waals surface area contributed by atoms with Crippen molar-refractivity contribution in [3.05, 3.63) is 72.1 Å². The predicted molar refractivity (Wildman–Crippen MR) is 103 cm³/mol. The van der Waals surface area contributed by atoms with Gasteiger partial charge < -0.3 is 4.98 Å². The van der Waals surface area contributed by atoms with Crippen molar-refractivity contribution in [2.45, 2.75) is 6.42 Å². The van der Waals surface area contributed by atoms with Gasteiger partial charge >= 0.3 is 0 Å². The molecule has 0 bridgehead atoms. The maximum absolute atomic E-state index is 13.9. The number of hydrogen-bond donors (Lipinski definition) is 2. The van der Waals surface area contributed by atoms with Crippen molar-refractivity contribution in [3.8, 4) is 22.5 Å². The smallest absolute Gasteiger partial charge is 0.183 e. The molecule has 4 heterocycles. The van der Waals surface area contributed by atoms with Crippen molar-refractivity contribution < 1.29 is 8.78 Å². The van der Waals surface area contributed by atoms with Gasteiger partial charge in [-0.2, -0.15) is 10.2 Å². The number of halogens is 2. The Morgan fingerprint density at radius 1 is 1.14 bits per heavy atom. The number of benzene rings is 1. The van der Waals surface area contributed by atoms with E-state index >= 15 is 0 Å². The number of pyridine rings is 1. The van der Waals surface area contributed by atoms with Crippen molar-refractivity contribution in [1.82, 2.24) is 34.9 Å². The Bertz CT molecular complexity index is 1330. The van der Waals surface area contributed by atoms with Crippen molar-refractivity contribution in [1.29, 1.82) is 0 Å². The van der Waals surface area contributed by atoms with Crippen LogP contribution in [0.5, 0.6) is 0 Å². The number of aromatic nitrogens is 7. The molecular formula is C20H15F2N7. The SMILES string of the molecule is Cn1cc(-c2cnc3[nH]cc(-c4n[nH]c(Cc5cccc(F)c5F)n4)c3c2)cn1. The highest BCUT2D eigenvalue weighted by Crippen LogP contribution is 2.29. The third-order valence-electron chi connectivity index (χ3n) is 4.73. The Labute approximate surface area is 163 Å². The summed E-state index contributed by atoms with van der Waals surface area (Å²) in [4.78, 5) is 12.0. The molecule has 0 spiro atoms. The zero-order valence-corrected chi connectivity index (χ0v) is 15.3. The molecule has 0 saturated heterocycles. The van der Waals surface area contributed by atoms with Gasteiger partial charge in [0, 0.05) is 54.1 Å². The first-order valence-corrected chi connectivity index (χ1v) is 8.89. The van der Waals surface area contributed by atoms with Gasteiger partial charge in [0.15, 0.2) is 17.5 Å². The first-order valence-electron chi connectivity index (χ1n) is 8.89. The van der Waals surface area contributed by atoms with Gasteiger partial charge in [0.2, 0.25) is 0 Å². The molecule has 0 aliphatic rings. The number of nitrogens with one attached hydrogen (secondary N) is 2. The first kappa shape index (κ1) is 17.2. The van der Waals surface area contributed by atoms with Crippen molar-refractivity contribution in [3.63, 3.8) is 0 Å². The van der Waals surface area contributed by atoms with Crippen molar-refractivity contribution in [2.75, 3.05) is 0 Å². The third-order valence-corrected chi connectivity index (χ3v) is 4.73. The van der Waals surface area contributed by atoms with E-state index in [1.165, 1.54) is 12.1 Å². The average Bonchev–Trinajstić information content (AvgIpc) is 3.44. The van der Waals surface area contributed by atoms with Gasteiger partial charge in [-0.05, 0) is 17.7 Å². The molecule has 2 N–H and O–H groups in total. The second kappa shape index (κ2) is 6.62. The maximum atomic E-state index is 13.9. The lowest BCUT2D eigenvalue weighted by Gasteiger charge is -2.00. The normalized spacial score (nSPS) is 11.4. The van der Waals surface area contributed by atoms with E-state index in [9.17, 15) is 8.78 Å². The molecule has 5 rings (SSSR count). The number of nitrogens with zero attached hydrogens (tertiary/aromatic N) is 5. The van der Waals surface area contributed by atoms with Crippen LogP contribution in [0.1, 0.15) is 11.4 Å². The predicted octanol–water partition coefficient (Wildman–Crippen LogP) is 3.62. The molecule has 0 atom stereocenters. The number of fused-ring (bicyclic) bond motifs is 1. The summed E-state index contributed by atoms with van der Waals surface area (Å²) >= 11 is 0. The molecule has 0 radical (unpaired) electrons. The van der Waals surface area contributed by atoms with Crippen molar-refractivity contribution >= 4 is 11.0 Å². The van der Waals surface area contributed by atoms with Gasteiger partial charge in [0.1, 0.15) is 11.5 Å². The fourth-order valence-electron chi connectivity index (χ4n) is 3.28. The van der Waals surface area contributed by atoms with Gasteiger partial charge in [-0.3, -0.25) is 9.78 Å². The van der Waals surface area contributed by atoms with Crippen LogP contribution in [0.15, 0.2) is 49.1 Å². The third kappa shape index (κ3) is 3.06. The molecule has 4 aromatic heterocycles. The van der Waals surface area contributed by atoms with Gasteiger partial charge in [-0.25, -0.2) is 18.7 Å². The largest absolute Gasteiger partial charge is 0.345 e. The van der Waals surface area contributed by atoms with E-state index in [2.05, 4.69) is 30.2 Å². The minimum Gasteiger partial charge on any atom is -0.345 e. The summed E-state index contributed by atoms with van der Waals surface area (Å²) in [6.07, 6.45) is 7.34. The zero-order chi connectivity index (χ0) is 20.0. The van der Waals surface area contributed by atoms with Crippen LogP contribution in [-0.2, 0) is 13.5 Å². The first-order chi connectivity index (χ1) is 14.1. The Morgan fingerprint density at radius 2 is 2.03 bits per heavy atom. The molecule has 0 aliphatic heterocycles. The second-order valence-electron chi connectivity index (χ2n) is 6.72. The van der Waals surface area contributed by atoms with E-state index in [-0.39, 0.29) is 12.0 Å². The van der Waals surface area contributed by atoms with Crippen LogP contribution in [-0.4, -0.2) is 34.9 Å². The fourth-order valence-corrected chi connectivity index (χ4v) is 3.28. The van der Waals surface area contributed by atoms with E-state index in [0.717, 1.165) is 28.1 Å². The molecule has 1 aromatic carbocycles. The molecule has 0 fully saturated rings. The number of rotatable bonds is 4. The van der Waals surface area contributed by atoms with Crippen LogP contribution in [0.2, 0.25) is 0 Å². The van der Waals surface area contributed by atoms with E-state index < -0.39 is 11.6 Å². The summed E-state index contributed by atoms with van der Waals surface area (Å²) in [5.74, 6) is -0.862. The lowest BCUT2D eigenvalue weighted by Crippen LogP contribution is -1.97. The summed E-state index contributed by atoms with van der Waals surface area (Å²) in [6, 6.07) is 6.07. The van der Waals surface area contributed by atoms with Gasteiger partial charge in [-0.1, -0.05) is 12.1 Å². The van der Waals surface area contributed by atoms with Crippen LogP contribution in [0.3, 0.4) is 0 Å². The minimum atomic E-state index is -0.882. The Morgan fingerprint density at radius 3 is 2.86 bits per heavy atom. The topological polar surface area (TPSA) is 88.1 Å². The molecule has 0 aliphatic carbocycles. The molecule has 5 aromatic rings. The van der Waals surface area contributed by atoms with Crippen LogP contribution >= 0.6 is 0 Å². The highest BCUT2D eigenvalue weighted by molar-refractivity contribution is 5.94. The van der Waals surface area contributed by atoms with E-state index in [0.29, 0.717) is 17.3 Å². The molecule has 9 heteroatoms. The number of hydrogen-bond acceptors (Lipinski definition) is 4. The van der Waals surface area contributed by atoms with Crippen LogP contribution in [0, 0.1) is 11.6 Å². The Balaban J connectivity index is 1.50. The second-order valence-corrected chi connectivity index (χ2v) is 6.72. The molecule has 29 heavy (non-hydrogen) atoms. The zero-order valence-electron chi connectivity index (χ0n) is 15.3. The maximum Gasteiger partial charge on any atom is 0.183 e. The number of H-pyrrole nitrogens is 2. The summed E-state index contributed by atoms with van der Waals surface area (Å²) in [5, 5.41) is 12.1. The highest BCUT2D eigenvalue weighted by atomic mass is 19.2. The van der Waals surface area contributed by atoms with E-state index in [1.807, 2.05) is 19.3 Å². The molecule has 0 unspecified atom stereocenters. The summed E-state index contributed by atoms with van der Waals surface area (Å²) in [5.41, 5.74) is 3.55. The van der Waals surface area contributed by atoms with Crippen LogP contribution in [0.4, 0.5) is 8.78 Å². The molecule has 0 amide bonds. The van der Waals surface area contributed by atoms with Crippen LogP contribution in [0.25, 0.3) is 33.5 Å². The van der Waals surface area contributed by atoms with Gasteiger partial charge in [0.05, 0.1) is 6.20 Å². The average molecular weight is 391 g/mol. The summed E-state index contributed by atoms with van der Waals surface area (Å²) < 4.78 is 29.1. The quantitative estimate of drug-likeness (QED) is 0.490. The van der Waals surface area contributed by atoms with Gasteiger partial charge in [-0.15, -0.1) is 0 Å². The Hall–Kier alpha value is -3.88. The number of aromatic amines is 2. The molecular weight excluding hydrogens is 376 g/mol.